The first-order valence-corrected chi connectivity index (χ1v) is 14.7. The van der Waals surface area contributed by atoms with Gasteiger partial charge in [0.05, 0.1) is 36.3 Å². The van der Waals surface area contributed by atoms with Crippen molar-refractivity contribution in [2.24, 2.45) is 17.8 Å². The highest BCUT2D eigenvalue weighted by molar-refractivity contribution is 8.02. The number of aliphatic hydroxyl groups is 1. The molecule has 0 aromatic heterocycles. The molecule has 9 heteroatoms. The molecule has 0 saturated carbocycles. The molecule has 1 spiro atoms. The molecule has 2 aromatic rings. The van der Waals surface area contributed by atoms with E-state index in [4.69, 9.17) is 9.47 Å². The van der Waals surface area contributed by atoms with Gasteiger partial charge in [-0.1, -0.05) is 56.0 Å². The number of thioether (sulfide) groups is 1. The van der Waals surface area contributed by atoms with Gasteiger partial charge >= 0.3 is 5.97 Å². The lowest BCUT2D eigenvalue weighted by atomic mass is 9.66. The molecular weight excluding hydrogens is 540 g/mol. The number of fused-ring (bicyclic) bond motifs is 1. The lowest BCUT2D eigenvalue weighted by Gasteiger charge is -2.42. The van der Waals surface area contributed by atoms with Crippen molar-refractivity contribution < 1.29 is 29.0 Å². The lowest BCUT2D eigenvalue weighted by Crippen LogP contribution is -2.58. The summed E-state index contributed by atoms with van der Waals surface area (Å²) in [5.41, 5.74) is 1.35. The molecular formula is C32H36N2O6S. The summed E-state index contributed by atoms with van der Waals surface area (Å²) in [6.45, 7) is 9.47. The minimum Gasteiger partial charge on any atom is -0.497 e. The highest BCUT2D eigenvalue weighted by Crippen LogP contribution is 2.69. The van der Waals surface area contributed by atoms with Crippen LogP contribution in [-0.2, 0) is 19.1 Å². The number of esters is 1. The van der Waals surface area contributed by atoms with E-state index in [1.165, 1.54) is 6.08 Å². The van der Waals surface area contributed by atoms with Crippen LogP contribution < -0.4 is 9.64 Å². The molecule has 216 valence electrons. The first-order valence-electron chi connectivity index (χ1n) is 13.8. The summed E-state index contributed by atoms with van der Waals surface area (Å²) in [5, 5.41) is 10.6. The van der Waals surface area contributed by atoms with Gasteiger partial charge in [-0.3, -0.25) is 14.4 Å². The number of hydrogen-bond donors (Lipinski definition) is 1. The number of anilines is 1. The average molecular weight is 577 g/mol. The van der Waals surface area contributed by atoms with Gasteiger partial charge in [0.1, 0.15) is 18.4 Å². The van der Waals surface area contributed by atoms with Crippen molar-refractivity contribution in [2.75, 3.05) is 31.8 Å². The van der Waals surface area contributed by atoms with Crippen LogP contribution in [0.4, 0.5) is 5.69 Å². The van der Waals surface area contributed by atoms with Crippen LogP contribution in [-0.4, -0.2) is 70.7 Å². The van der Waals surface area contributed by atoms with E-state index in [1.54, 1.807) is 59.0 Å². The first-order chi connectivity index (χ1) is 19.8. The largest absolute Gasteiger partial charge is 0.497 e. The second kappa shape index (κ2) is 11.7. The fourth-order valence-electron chi connectivity index (χ4n) is 6.97. The molecule has 3 saturated heterocycles. The van der Waals surface area contributed by atoms with E-state index in [0.717, 1.165) is 5.56 Å². The summed E-state index contributed by atoms with van der Waals surface area (Å²) < 4.78 is 9.92. The second-order valence-electron chi connectivity index (χ2n) is 10.8. The van der Waals surface area contributed by atoms with Gasteiger partial charge < -0.3 is 24.4 Å². The summed E-state index contributed by atoms with van der Waals surface area (Å²) in [5.74, 6) is -1.85. The van der Waals surface area contributed by atoms with Crippen molar-refractivity contribution in [3.63, 3.8) is 0 Å². The molecule has 7 atom stereocenters. The Hall–Kier alpha value is -3.56. The number of benzene rings is 2. The summed E-state index contributed by atoms with van der Waals surface area (Å²) in [7, 11) is 1.58. The van der Waals surface area contributed by atoms with E-state index in [9.17, 15) is 19.5 Å². The van der Waals surface area contributed by atoms with Crippen LogP contribution in [0, 0.1) is 17.8 Å². The fraction of sp³-hybridized carbons (Fsp3) is 0.406. The van der Waals surface area contributed by atoms with Crippen LogP contribution in [0.25, 0.3) is 0 Å². The van der Waals surface area contributed by atoms with E-state index in [-0.39, 0.29) is 42.7 Å². The Balaban J connectivity index is 1.65. The van der Waals surface area contributed by atoms with Crippen LogP contribution in [0.5, 0.6) is 5.75 Å². The monoisotopic (exact) mass is 576 g/mol. The van der Waals surface area contributed by atoms with Gasteiger partial charge in [-0.05, 0) is 42.2 Å². The molecule has 3 heterocycles. The van der Waals surface area contributed by atoms with Gasteiger partial charge in [0.25, 0.3) is 5.91 Å². The van der Waals surface area contributed by atoms with Crippen LogP contribution in [0.3, 0.4) is 0 Å². The number of ether oxygens (including phenoxy) is 2. The quantitative estimate of drug-likeness (QED) is 0.319. The number of nitrogens with zero attached hydrogens (tertiary/aromatic N) is 2. The summed E-state index contributed by atoms with van der Waals surface area (Å²) in [4.78, 5) is 46.0. The molecule has 3 fully saturated rings. The third kappa shape index (κ3) is 4.65. The predicted octanol–water partition coefficient (Wildman–Crippen LogP) is 4.01. The van der Waals surface area contributed by atoms with Crippen molar-refractivity contribution in [3.05, 3.63) is 85.5 Å². The lowest BCUT2D eigenvalue weighted by molar-refractivity contribution is -0.154. The number of methoxy groups -OCH3 is 1. The average Bonchev–Trinajstić information content (AvgIpc) is 3.59. The fourth-order valence-corrected chi connectivity index (χ4v) is 9.36. The predicted molar refractivity (Wildman–Crippen MR) is 158 cm³/mol. The highest BCUT2D eigenvalue weighted by atomic mass is 32.2. The van der Waals surface area contributed by atoms with Crippen LogP contribution in [0.2, 0.25) is 0 Å². The Labute approximate surface area is 245 Å². The third-order valence-corrected chi connectivity index (χ3v) is 10.8. The number of carbonyl (C=O) groups excluding carboxylic acids is 3. The van der Waals surface area contributed by atoms with Gasteiger partial charge in [-0.25, -0.2) is 0 Å². The SMILES string of the molecule is C=CCOC(=O)[C@@H]1[C@@H]2CC(C)C3(S2)C(C(=O)N(CC=C)c2ccc(OC)cc2)N([C@H](CO)c2ccccc2)C(=O)[C@H]13. The number of carbonyl (C=O) groups is 3. The topological polar surface area (TPSA) is 96.4 Å². The Kier molecular flexibility index (Phi) is 8.29. The van der Waals surface area contributed by atoms with Crippen molar-refractivity contribution in [1.29, 1.82) is 0 Å². The van der Waals surface area contributed by atoms with Gasteiger partial charge in [0.2, 0.25) is 5.91 Å². The number of amides is 2. The molecule has 0 radical (unpaired) electrons. The molecule has 3 aliphatic heterocycles. The normalized spacial score (nSPS) is 28.6. The molecule has 2 bridgehead atoms. The van der Waals surface area contributed by atoms with E-state index in [0.29, 0.717) is 17.9 Å². The Morgan fingerprint density at radius 2 is 1.88 bits per heavy atom. The maximum absolute atomic E-state index is 14.8. The maximum atomic E-state index is 14.8. The van der Waals surface area contributed by atoms with Crippen molar-refractivity contribution in [1.82, 2.24) is 4.90 Å². The van der Waals surface area contributed by atoms with Gasteiger partial charge in [0, 0.05) is 17.5 Å². The zero-order valence-electron chi connectivity index (χ0n) is 23.3. The summed E-state index contributed by atoms with van der Waals surface area (Å²) >= 11 is 1.57. The molecule has 5 rings (SSSR count). The van der Waals surface area contributed by atoms with E-state index >= 15 is 0 Å². The van der Waals surface area contributed by atoms with Gasteiger partial charge in [0.15, 0.2) is 0 Å². The zero-order valence-corrected chi connectivity index (χ0v) is 24.2. The number of aliphatic hydroxyl groups excluding tert-OH is 1. The summed E-state index contributed by atoms with van der Waals surface area (Å²) in [6.07, 6.45) is 3.83. The zero-order chi connectivity index (χ0) is 29.3. The Bertz CT molecular complexity index is 1320. The smallest absolute Gasteiger partial charge is 0.311 e. The minimum absolute atomic E-state index is 0.0366. The molecule has 41 heavy (non-hydrogen) atoms. The van der Waals surface area contributed by atoms with Crippen molar-refractivity contribution in [2.45, 2.75) is 35.4 Å². The number of likely N-dealkylation sites (tertiary alicyclic amines) is 1. The molecule has 0 aliphatic carbocycles. The first kappa shape index (κ1) is 29.0. The Morgan fingerprint density at radius 1 is 1.17 bits per heavy atom. The second-order valence-corrected chi connectivity index (χ2v) is 12.3. The van der Waals surface area contributed by atoms with Crippen LogP contribution in [0.1, 0.15) is 24.9 Å². The number of hydrogen-bond acceptors (Lipinski definition) is 7. The van der Waals surface area contributed by atoms with E-state index in [1.807, 2.05) is 30.3 Å². The van der Waals surface area contributed by atoms with Crippen molar-refractivity contribution >= 4 is 35.2 Å². The molecule has 3 aliphatic rings. The highest BCUT2D eigenvalue weighted by Gasteiger charge is 2.77. The third-order valence-electron chi connectivity index (χ3n) is 8.69. The maximum Gasteiger partial charge on any atom is 0.311 e. The molecule has 2 aromatic carbocycles. The van der Waals surface area contributed by atoms with Crippen LogP contribution >= 0.6 is 11.8 Å². The number of rotatable bonds is 11. The molecule has 8 nitrogen and oxygen atoms in total. The van der Waals surface area contributed by atoms with Crippen LogP contribution in [0.15, 0.2) is 79.9 Å². The standard InChI is InChI=1S/C32H36N2O6S/c1-5-16-33(22-12-14-23(39-4)15-13-22)30(37)28-32-20(3)18-25(41-32)26(31(38)40-17-6-2)27(32)29(36)34(28)24(19-35)21-10-8-7-9-11-21/h5-15,20,24-28,35H,1-2,16-19H2,3-4H3/t20?,24-,25+,26-,27+,28?,32?/m1/s1. The Morgan fingerprint density at radius 3 is 2.49 bits per heavy atom. The molecule has 2 amide bonds. The van der Waals surface area contributed by atoms with Gasteiger partial charge in [-0.15, -0.1) is 18.3 Å². The van der Waals surface area contributed by atoms with Gasteiger partial charge in [-0.2, -0.15) is 0 Å². The van der Waals surface area contributed by atoms with Crippen molar-refractivity contribution in [3.8, 4) is 5.75 Å². The minimum atomic E-state index is -0.929. The van der Waals surface area contributed by atoms with E-state index in [2.05, 4.69) is 20.1 Å². The molecule has 3 unspecified atom stereocenters. The summed E-state index contributed by atoms with van der Waals surface area (Å²) in [6, 6.07) is 14.7. The van der Waals surface area contributed by atoms with E-state index < -0.39 is 34.6 Å². The molecule has 1 N–H and O–H groups in total.